The molecule has 1 amide bonds. The second-order valence-corrected chi connectivity index (χ2v) is 5.92. The van der Waals surface area contributed by atoms with E-state index in [1.807, 2.05) is 24.3 Å². The second-order valence-electron chi connectivity index (χ2n) is 5.01. The van der Waals surface area contributed by atoms with Gasteiger partial charge in [-0.1, -0.05) is 22.0 Å². The van der Waals surface area contributed by atoms with Crippen molar-refractivity contribution in [3.63, 3.8) is 0 Å². The minimum absolute atomic E-state index is 0.0287. The van der Waals surface area contributed by atoms with Crippen LogP contribution in [0.25, 0.3) is 0 Å². The quantitative estimate of drug-likeness (QED) is 0.521. The van der Waals surface area contributed by atoms with Crippen LogP contribution in [0.15, 0.2) is 52.0 Å². The minimum atomic E-state index is -0.470. The van der Waals surface area contributed by atoms with Crippen molar-refractivity contribution >= 4 is 33.7 Å². The third-order valence-electron chi connectivity index (χ3n) is 3.25. The highest BCUT2D eigenvalue weighted by atomic mass is 79.9. The van der Waals surface area contributed by atoms with Crippen LogP contribution in [-0.4, -0.2) is 30.4 Å². The van der Waals surface area contributed by atoms with Gasteiger partial charge in [-0.2, -0.15) is 5.10 Å². The van der Waals surface area contributed by atoms with E-state index in [1.165, 1.54) is 13.3 Å². The zero-order valence-corrected chi connectivity index (χ0v) is 14.9. The van der Waals surface area contributed by atoms with Gasteiger partial charge in [0.05, 0.1) is 13.3 Å². The van der Waals surface area contributed by atoms with E-state index in [9.17, 15) is 9.90 Å². The van der Waals surface area contributed by atoms with Crippen LogP contribution in [0.4, 0.5) is 5.69 Å². The minimum Gasteiger partial charge on any atom is -0.504 e. The standard InChI is InChI=1S/C17H18BrN3O3/c1-11(20-14-8-6-13(18)7-9-14)17(23)21-19-10-12-4-3-5-15(24-2)16(12)22/h3-11,20,22H,1-2H3,(H,21,23)/t11-/m1/s1. The third-order valence-corrected chi connectivity index (χ3v) is 3.78. The van der Waals surface area contributed by atoms with Crippen molar-refractivity contribution in [2.75, 3.05) is 12.4 Å². The molecule has 1 atom stereocenters. The number of aromatic hydroxyl groups is 1. The number of hydrogen-bond acceptors (Lipinski definition) is 5. The first-order valence-electron chi connectivity index (χ1n) is 7.22. The second kappa shape index (κ2) is 8.35. The van der Waals surface area contributed by atoms with E-state index in [0.29, 0.717) is 11.3 Å². The summed E-state index contributed by atoms with van der Waals surface area (Å²) in [4.78, 5) is 12.0. The van der Waals surface area contributed by atoms with E-state index in [-0.39, 0.29) is 11.7 Å². The molecule has 126 valence electrons. The van der Waals surface area contributed by atoms with Gasteiger partial charge in [-0.25, -0.2) is 5.43 Å². The van der Waals surface area contributed by atoms with Crippen LogP contribution in [0.5, 0.6) is 11.5 Å². The summed E-state index contributed by atoms with van der Waals surface area (Å²) < 4.78 is 5.98. The average molecular weight is 392 g/mol. The molecule has 2 aromatic rings. The number of para-hydroxylation sites is 1. The Labute approximate surface area is 148 Å². The highest BCUT2D eigenvalue weighted by Crippen LogP contribution is 2.27. The van der Waals surface area contributed by atoms with Crippen LogP contribution in [0.3, 0.4) is 0 Å². The van der Waals surface area contributed by atoms with Crippen LogP contribution in [0, 0.1) is 0 Å². The zero-order valence-electron chi connectivity index (χ0n) is 13.3. The number of amides is 1. The monoisotopic (exact) mass is 391 g/mol. The van der Waals surface area contributed by atoms with Crippen molar-refractivity contribution in [1.82, 2.24) is 5.43 Å². The zero-order chi connectivity index (χ0) is 17.5. The number of halogens is 1. The molecule has 24 heavy (non-hydrogen) atoms. The fourth-order valence-electron chi connectivity index (χ4n) is 1.93. The molecule has 0 heterocycles. The summed E-state index contributed by atoms with van der Waals surface area (Å²) in [6, 6.07) is 12.1. The Morgan fingerprint density at radius 2 is 2.00 bits per heavy atom. The smallest absolute Gasteiger partial charge is 0.262 e. The number of nitrogens with one attached hydrogen (secondary N) is 2. The molecule has 0 saturated carbocycles. The number of carbonyl (C=O) groups is 1. The van der Waals surface area contributed by atoms with Gasteiger partial charge in [-0.3, -0.25) is 4.79 Å². The Kier molecular flexibility index (Phi) is 6.20. The first-order valence-corrected chi connectivity index (χ1v) is 8.01. The van der Waals surface area contributed by atoms with Gasteiger partial charge in [0.2, 0.25) is 0 Å². The molecule has 2 rings (SSSR count). The van der Waals surface area contributed by atoms with Crippen molar-refractivity contribution in [1.29, 1.82) is 0 Å². The van der Waals surface area contributed by atoms with Gasteiger partial charge in [0.25, 0.3) is 5.91 Å². The molecule has 7 heteroatoms. The lowest BCUT2D eigenvalue weighted by atomic mass is 10.2. The molecular formula is C17H18BrN3O3. The predicted octanol–water partition coefficient (Wildman–Crippen LogP) is 3.11. The van der Waals surface area contributed by atoms with Crippen molar-refractivity contribution in [2.24, 2.45) is 5.10 Å². The maximum Gasteiger partial charge on any atom is 0.262 e. The fraction of sp³-hybridized carbons (Fsp3) is 0.176. The number of hydrogen-bond donors (Lipinski definition) is 3. The molecule has 0 aliphatic carbocycles. The molecule has 0 aliphatic heterocycles. The van der Waals surface area contributed by atoms with Gasteiger partial charge in [-0.15, -0.1) is 0 Å². The number of ether oxygens (including phenoxy) is 1. The number of benzene rings is 2. The highest BCUT2D eigenvalue weighted by Gasteiger charge is 2.11. The number of rotatable bonds is 6. The van der Waals surface area contributed by atoms with Crippen LogP contribution < -0.4 is 15.5 Å². The summed E-state index contributed by atoms with van der Waals surface area (Å²) in [6.45, 7) is 1.73. The molecule has 0 saturated heterocycles. The summed E-state index contributed by atoms with van der Waals surface area (Å²) in [7, 11) is 1.47. The summed E-state index contributed by atoms with van der Waals surface area (Å²) >= 11 is 3.36. The number of nitrogens with zero attached hydrogens (tertiary/aromatic N) is 1. The highest BCUT2D eigenvalue weighted by molar-refractivity contribution is 9.10. The van der Waals surface area contributed by atoms with Gasteiger partial charge in [0, 0.05) is 15.7 Å². The number of anilines is 1. The Bertz CT molecular complexity index is 732. The fourth-order valence-corrected chi connectivity index (χ4v) is 2.20. The van der Waals surface area contributed by atoms with E-state index in [4.69, 9.17) is 4.74 Å². The van der Waals surface area contributed by atoms with E-state index in [1.54, 1.807) is 25.1 Å². The Morgan fingerprint density at radius 3 is 2.67 bits per heavy atom. The van der Waals surface area contributed by atoms with Crippen LogP contribution >= 0.6 is 15.9 Å². The maximum absolute atomic E-state index is 12.0. The summed E-state index contributed by atoms with van der Waals surface area (Å²) in [5.74, 6) is 0.0196. The number of methoxy groups -OCH3 is 1. The molecular weight excluding hydrogens is 374 g/mol. The Hall–Kier alpha value is -2.54. The summed E-state index contributed by atoms with van der Waals surface area (Å²) in [5, 5.41) is 16.9. The van der Waals surface area contributed by atoms with Gasteiger partial charge >= 0.3 is 0 Å². The largest absolute Gasteiger partial charge is 0.504 e. The number of carbonyl (C=O) groups excluding carboxylic acids is 1. The van der Waals surface area contributed by atoms with E-state index in [0.717, 1.165) is 10.2 Å². The third kappa shape index (κ3) is 4.73. The molecule has 6 nitrogen and oxygen atoms in total. The number of phenols is 1. The first kappa shape index (κ1) is 17.8. The number of hydrazone groups is 1. The Morgan fingerprint density at radius 1 is 1.29 bits per heavy atom. The topological polar surface area (TPSA) is 83.0 Å². The number of phenolic OH excluding ortho intramolecular Hbond substituents is 1. The summed E-state index contributed by atoms with van der Waals surface area (Å²) in [5.41, 5.74) is 3.71. The molecule has 0 unspecified atom stereocenters. The van der Waals surface area contributed by atoms with E-state index >= 15 is 0 Å². The van der Waals surface area contributed by atoms with Gasteiger partial charge < -0.3 is 15.2 Å². The van der Waals surface area contributed by atoms with Gasteiger partial charge in [-0.05, 0) is 43.3 Å². The average Bonchev–Trinajstić information content (AvgIpc) is 2.58. The summed E-state index contributed by atoms with van der Waals surface area (Å²) in [6.07, 6.45) is 1.36. The van der Waals surface area contributed by atoms with Crippen molar-refractivity contribution in [2.45, 2.75) is 13.0 Å². The first-order chi connectivity index (χ1) is 11.5. The lowest BCUT2D eigenvalue weighted by Crippen LogP contribution is -2.34. The lowest BCUT2D eigenvalue weighted by molar-refractivity contribution is -0.121. The molecule has 0 fully saturated rings. The van der Waals surface area contributed by atoms with E-state index in [2.05, 4.69) is 31.8 Å². The predicted molar refractivity (Wildman–Crippen MR) is 97.6 cm³/mol. The molecule has 0 bridgehead atoms. The lowest BCUT2D eigenvalue weighted by Gasteiger charge is -2.13. The maximum atomic E-state index is 12.0. The van der Waals surface area contributed by atoms with Crippen LogP contribution in [0.1, 0.15) is 12.5 Å². The normalized spacial score (nSPS) is 12.0. The molecule has 3 N–H and O–H groups in total. The van der Waals surface area contributed by atoms with Crippen molar-refractivity contribution in [3.8, 4) is 11.5 Å². The van der Waals surface area contributed by atoms with Crippen LogP contribution in [0.2, 0.25) is 0 Å². The SMILES string of the molecule is COc1cccc(C=NNC(=O)[C@@H](C)Nc2ccc(Br)cc2)c1O. The van der Waals surface area contributed by atoms with Gasteiger partial charge in [0.1, 0.15) is 6.04 Å². The molecule has 0 aromatic heterocycles. The van der Waals surface area contributed by atoms with E-state index < -0.39 is 6.04 Å². The molecule has 0 radical (unpaired) electrons. The van der Waals surface area contributed by atoms with Crippen molar-refractivity contribution in [3.05, 3.63) is 52.5 Å². The molecule has 0 spiro atoms. The Balaban J connectivity index is 1.93. The van der Waals surface area contributed by atoms with Gasteiger partial charge in [0.15, 0.2) is 11.5 Å². The van der Waals surface area contributed by atoms with Crippen molar-refractivity contribution < 1.29 is 14.6 Å². The molecule has 2 aromatic carbocycles. The molecule has 0 aliphatic rings. The van der Waals surface area contributed by atoms with Crippen LogP contribution in [-0.2, 0) is 4.79 Å².